The van der Waals surface area contributed by atoms with Crippen molar-refractivity contribution in [1.82, 2.24) is 14.9 Å². The topological polar surface area (TPSA) is 71.8 Å². The summed E-state index contributed by atoms with van der Waals surface area (Å²) >= 11 is 7.46. The van der Waals surface area contributed by atoms with E-state index in [1.54, 1.807) is 0 Å². The molecule has 1 aromatic heterocycles. The van der Waals surface area contributed by atoms with Crippen LogP contribution in [0.25, 0.3) is 0 Å². The molecule has 0 unspecified atom stereocenters. The Labute approximate surface area is 172 Å². The van der Waals surface area contributed by atoms with Gasteiger partial charge in [0, 0.05) is 17.1 Å². The van der Waals surface area contributed by atoms with E-state index in [-0.39, 0.29) is 11.9 Å². The summed E-state index contributed by atoms with van der Waals surface area (Å²) in [4.78, 5) is 13.1. The predicted molar refractivity (Wildman–Crippen MR) is 112 cm³/mol. The fourth-order valence-corrected chi connectivity index (χ4v) is 4.32. The molecular formula is C20H20ClN5OS. The molecule has 2 atom stereocenters. The van der Waals surface area contributed by atoms with Crippen molar-refractivity contribution in [2.75, 3.05) is 10.7 Å². The van der Waals surface area contributed by atoms with Crippen LogP contribution in [0.1, 0.15) is 29.9 Å². The average molecular weight is 414 g/mol. The van der Waals surface area contributed by atoms with Crippen LogP contribution in [0.2, 0.25) is 5.02 Å². The number of hydrogen-bond donors (Lipinski definition) is 2. The minimum Gasteiger partial charge on any atom is -0.325 e. The second-order valence-electron chi connectivity index (χ2n) is 6.64. The number of aromatic nitrogens is 3. The summed E-state index contributed by atoms with van der Waals surface area (Å²) in [5.74, 6) is 0.743. The van der Waals surface area contributed by atoms with Crippen molar-refractivity contribution < 1.29 is 4.79 Å². The molecule has 144 valence electrons. The molecule has 6 nitrogen and oxygen atoms in total. The van der Waals surface area contributed by atoms with Gasteiger partial charge >= 0.3 is 0 Å². The smallest absolute Gasteiger partial charge is 0.240 e. The average Bonchev–Trinajstić information content (AvgIpc) is 3.11. The minimum atomic E-state index is -0.413. The number of rotatable bonds is 4. The van der Waals surface area contributed by atoms with E-state index in [9.17, 15) is 4.79 Å². The number of carbonyl (C=O) groups is 1. The molecule has 1 aliphatic rings. The Hall–Kier alpha value is -2.51. The number of halogens is 1. The number of aryl methyl sites for hydroxylation is 2. The number of carbonyl (C=O) groups excluding carboxylic acids is 1. The fraction of sp³-hybridized carbons (Fsp3) is 0.250. The fourth-order valence-electron chi connectivity index (χ4n) is 3.10. The predicted octanol–water partition coefficient (Wildman–Crippen LogP) is 4.20. The number of benzene rings is 2. The van der Waals surface area contributed by atoms with Crippen LogP contribution < -0.4 is 10.7 Å². The Morgan fingerprint density at radius 3 is 2.57 bits per heavy atom. The van der Waals surface area contributed by atoms with Crippen molar-refractivity contribution in [3.63, 3.8) is 0 Å². The first kappa shape index (κ1) is 18.8. The van der Waals surface area contributed by atoms with E-state index in [2.05, 4.69) is 20.9 Å². The molecule has 2 aromatic carbocycles. The maximum Gasteiger partial charge on any atom is 0.240 e. The van der Waals surface area contributed by atoms with Crippen LogP contribution in [0.5, 0.6) is 0 Å². The summed E-state index contributed by atoms with van der Waals surface area (Å²) < 4.78 is 1.87. The summed E-state index contributed by atoms with van der Waals surface area (Å²) in [5, 5.41) is 12.4. The van der Waals surface area contributed by atoms with Gasteiger partial charge in [-0.2, -0.15) is 0 Å². The van der Waals surface area contributed by atoms with Crippen molar-refractivity contribution >= 4 is 35.0 Å². The maximum atomic E-state index is 13.1. The largest absolute Gasteiger partial charge is 0.325 e. The number of nitrogens with one attached hydrogen (secondary N) is 2. The highest BCUT2D eigenvalue weighted by Crippen LogP contribution is 2.37. The number of thioether (sulfide) groups is 1. The van der Waals surface area contributed by atoms with Gasteiger partial charge in [0.1, 0.15) is 5.25 Å². The quantitative estimate of drug-likeness (QED) is 0.670. The molecule has 0 fully saturated rings. The summed E-state index contributed by atoms with van der Waals surface area (Å²) in [5.41, 5.74) is 6.31. The second-order valence-corrected chi connectivity index (χ2v) is 8.18. The molecule has 0 aliphatic carbocycles. The van der Waals surface area contributed by atoms with Gasteiger partial charge in [0.15, 0.2) is 5.82 Å². The highest BCUT2D eigenvalue weighted by molar-refractivity contribution is 8.00. The van der Waals surface area contributed by atoms with Gasteiger partial charge < -0.3 is 10.7 Å². The van der Waals surface area contributed by atoms with E-state index >= 15 is 0 Å². The third-order valence-corrected chi connectivity index (χ3v) is 6.09. The van der Waals surface area contributed by atoms with Crippen molar-refractivity contribution in [1.29, 1.82) is 0 Å². The van der Waals surface area contributed by atoms with Crippen LogP contribution in [-0.2, 0) is 11.2 Å². The van der Waals surface area contributed by atoms with E-state index in [0.717, 1.165) is 29.1 Å². The van der Waals surface area contributed by atoms with Crippen LogP contribution in [0.15, 0.2) is 53.7 Å². The van der Waals surface area contributed by atoms with E-state index in [1.165, 1.54) is 11.8 Å². The van der Waals surface area contributed by atoms with Crippen molar-refractivity contribution in [3.8, 4) is 0 Å². The van der Waals surface area contributed by atoms with Crippen LogP contribution in [0, 0.1) is 6.92 Å². The zero-order valence-electron chi connectivity index (χ0n) is 15.5. The number of anilines is 1. The monoisotopic (exact) mass is 413 g/mol. The van der Waals surface area contributed by atoms with E-state index in [1.807, 2.05) is 67.1 Å². The lowest BCUT2D eigenvalue weighted by Gasteiger charge is -2.33. The van der Waals surface area contributed by atoms with E-state index < -0.39 is 5.25 Å². The Morgan fingerprint density at radius 2 is 1.89 bits per heavy atom. The van der Waals surface area contributed by atoms with Gasteiger partial charge in [-0.15, -0.1) is 10.2 Å². The third kappa shape index (κ3) is 3.72. The second kappa shape index (κ2) is 7.85. The van der Waals surface area contributed by atoms with Crippen molar-refractivity contribution in [2.45, 2.75) is 36.7 Å². The molecule has 8 heteroatoms. The molecule has 3 aromatic rings. The summed E-state index contributed by atoms with van der Waals surface area (Å²) in [7, 11) is 0. The standard InChI is InChI=1S/C20H20ClN5OS/c1-3-16-23-24-20-26(16)25-17(13-6-8-14(21)9-7-13)18(28-20)19(27)22-15-10-4-12(2)5-11-15/h4-11,17-18,25H,3H2,1-2H3,(H,22,27)/t17-,18+/m1/s1. The van der Waals surface area contributed by atoms with E-state index in [0.29, 0.717) is 10.2 Å². The third-order valence-electron chi connectivity index (χ3n) is 4.63. The summed E-state index contributed by atoms with van der Waals surface area (Å²) in [6.45, 7) is 4.04. The molecule has 1 aliphatic heterocycles. The van der Waals surface area contributed by atoms with Crippen LogP contribution in [0.3, 0.4) is 0 Å². The number of hydrogen-bond acceptors (Lipinski definition) is 5. The minimum absolute atomic E-state index is 0.0893. The van der Waals surface area contributed by atoms with Gasteiger partial charge in [0.25, 0.3) is 0 Å². The molecule has 0 spiro atoms. The molecule has 0 bridgehead atoms. The lowest BCUT2D eigenvalue weighted by Crippen LogP contribution is -2.41. The van der Waals surface area contributed by atoms with E-state index in [4.69, 9.17) is 11.6 Å². The lowest BCUT2D eigenvalue weighted by atomic mass is 10.0. The number of amides is 1. The molecule has 1 amide bonds. The Balaban J connectivity index is 1.66. The zero-order chi connectivity index (χ0) is 19.7. The molecule has 2 heterocycles. The normalized spacial score (nSPS) is 18.2. The van der Waals surface area contributed by atoms with Crippen LogP contribution in [-0.4, -0.2) is 26.0 Å². The first-order chi connectivity index (χ1) is 13.5. The van der Waals surface area contributed by atoms with Gasteiger partial charge in [-0.1, -0.05) is 60.1 Å². The zero-order valence-corrected chi connectivity index (χ0v) is 17.1. The Bertz CT molecular complexity index is 987. The Morgan fingerprint density at radius 1 is 1.18 bits per heavy atom. The maximum absolute atomic E-state index is 13.1. The summed E-state index contributed by atoms with van der Waals surface area (Å²) in [6, 6.07) is 15.1. The van der Waals surface area contributed by atoms with Gasteiger partial charge in [-0.05, 0) is 36.8 Å². The van der Waals surface area contributed by atoms with Crippen molar-refractivity contribution in [3.05, 3.63) is 70.5 Å². The lowest BCUT2D eigenvalue weighted by molar-refractivity contribution is -0.116. The molecule has 2 N–H and O–H groups in total. The summed E-state index contributed by atoms with van der Waals surface area (Å²) in [6.07, 6.45) is 0.744. The number of nitrogens with zero attached hydrogens (tertiary/aromatic N) is 3. The molecule has 0 saturated carbocycles. The number of fused-ring (bicyclic) bond motifs is 1. The van der Waals surface area contributed by atoms with Crippen LogP contribution in [0.4, 0.5) is 5.69 Å². The molecule has 0 radical (unpaired) electrons. The molecule has 28 heavy (non-hydrogen) atoms. The van der Waals surface area contributed by atoms with Gasteiger partial charge in [-0.25, -0.2) is 4.68 Å². The molecular weight excluding hydrogens is 394 g/mol. The highest BCUT2D eigenvalue weighted by atomic mass is 35.5. The first-order valence-electron chi connectivity index (χ1n) is 9.05. The van der Waals surface area contributed by atoms with Gasteiger partial charge in [0.2, 0.25) is 11.1 Å². The molecule has 4 rings (SSSR count). The van der Waals surface area contributed by atoms with Gasteiger partial charge in [-0.3, -0.25) is 4.79 Å². The highest BCUT2D eigenvalue weighted by Gasteiger charge is 2.37. The molecule has 0 saturated heterocycles. The first-order valence-corrected chi connectivity index (χ1v) is 10.3. The Kier molecular flexibility index (Phi) is 5.28. The van der Waals surface area contributed by atoms with Gasteiger partial charge in [0.05, 0.1) is 6.04 Å². The SMILES string of the molecule is CCc1nnc2n1N[C@H](c1ccc(Cl)cc1)[C@@H](C(=O)Nc1ccc(C)cc1)S2. The van der Waals surface area contributed by atoms with Crippen molar-refractivity contribution in [2.24, 2.45) is 0 Å². The van der Waals surface area contributed by atoms with Crippen LogP contribution >= 0.6 is 23.4 Å².